The number of carbonyl (C=O) groups is 1. The zero-order valence-corrected chi connectivity index (χ0v) is 12.7. The van der Waals surface area contributed by atoms with Crippen molar-refractivity contribution in [1.29, 1.82) is 0 Å². The summed E-state index contributed by atoms with van der Waals surface area (Å²) in [7, 11) is 0. The number of halogens is 1. The molecule has 0 heterocycles. The maximum Gasteiger partial charge on any atom is 0.220 e. The van der Waals surface area contributed by atoms with Gasteiger partial charge in [-0.25, -0.2) is 0 Å². The largest absolute Gasteiger partial charge is 0.354 e. The summed E-state index contributed by atoms with van der Waals surface area (Å²) in [6.45, 7) is 4.26. The number of amides is 1. The zero-order valence-electron chi connectivity index (χ0n) is 11.9. The maximum atomic E-state index is 11.8. The van der Waals surface area contributed by atoms with E-state index in [0.717, 1.165) is 17.0 Å². The lowest BCUT2D eigenvalue weighted by molar-refractivity contribution is -0.121. The molecule has 19 heavy (non-hydrogen) atoms. The van der Waals surface area contributed by atoms with Crippen LogP contribution in [0.5, 0.6) is 0 Å². The maximum absolute atomic E-state index is 11.8. The number of nitrogens with one attached hydrogen (secondary N) is 1. The topological polar surface area (TPSA) is 29.1 Å². The number of carbonyl (C=O) groups excluding carboxylic acids is 1. The molecule has 106 valence electrons. The van der Waals surface area contributed by atoms with Gasteiger partial charge in [0.2, 0.25) is 5.91 Å². The van der Waals surface area contributed by atoms with Crippen molar-refractivity contribution in [3.05, 3.63) is 34.9 Å². The highest BCUT2D eigenvalue weighted by atomic mass is 35.5. The molecule has 0 fully saturated rings. The summed E-state index contributed by atoms with van der Waals surface area (Å²) >= 11 is 6.07. The first-order chi connectivity index (χ1) is 9.13. The van der Waals surface area contributed by atoms with Crippen LogP contribution in [0.4, 0.5) is 0 Å². The molecule has 0 aliphatic carbocycles. The van der Waals surface area contributed by atoms with Gasteiger partial charge in [-0.15, -0.1) is 0 Å². The van der Waals surface area contributed by atoms with Crippen molar-refractivity contribution in [1.82, 2.24) is 5.32 Å². The number of rotatable bonds is 8. The molecule has 0 aliphatic rings. The van der Waals surface area contributed by atoms with Crippen LogP contribution in [-0.4, -0.2) is 11.9 Å². The van der Waals surface area contributed by atoms with E-state index in [9.17, 15) is 4.79 Å². The molecule has 0 saturated carbocycles. The highest BCUT2D eigenvalue weighted by molar-refractivity contribution is 6.31. The minimum absolute atomic E-state index is 0.115. The smallest absolute Gasteiger partial charge is 0.220 e. The minimum Gasteiger partial charge on any atom is -0.354 e. The Morgan fingerprint density at radius 1 is 1.32 bits per heavy atom. The zero-order chi connectivity index (χ0) is 14.1. The van der Waals surface area contributed by atoms with Crippen molar-refractivity contribution in [2.24, 2.45) is 0 Å². The van der Waals surface area contributed by atoms with Crippen LogP contribution in [-0.2, 0) is 11.2 Å². The first-order valence-electron chi connectivity index (χ1n) is 7.16. The third kappa shape index (κ3) is 6.63. The Hall–Kier alpha value is -1.02. The summed E-state index contributed by atoms with van der Waals surface area (Å²) in [5.41, 5.74) is 1.04. The number of benzene rings is 1. The fourth-order valence-corrected chi connectivity index (χ4v) is 2.30. The molecule has 1 atom stereocenters. The van der Waals surface area contributed by atoms with Crippen molar-refractivity contribution >= 4 is 17.5 Å². The fourth-order valence-electron chi connectivity index (χ4n) is 2.07. The van der Waals surface area contributed by atoms with Crippen LogP contribution in [0.1, 0.15) is 51.5 Å². The molecule has 0 aliphatic heterocycles. The molecule has 3 heteroatoms. The summed E-state index contributed by atoms with van der Waals surface area (Å²) in [6.07, 6.45) is 5.90. The lowest BCUT2D eigenvalue weighted by Gasteiger charge is -2.13. The first-order valence-corrected chi connectivity index (χ1v) is 7.54. The van der Waals surface area contributed by atoms with Gasteiger partial charge in [0, 0.05) is 17.5 Å². The van der Waals surface area contributed by atoms with Gasteiger partial charge < -0.3 is 5.32 Å². The van der Waals surface area contributed by atoms with Crippen molar-refractivity contribution in [2.45, 2.75) is 58.4 Å². The van der Waals surface area contributed by atoms with Crippen LogP contribution in [0.2, 0.25) is 5.02 Å². The Bertz CT molecular complexity index is 392. The summed E-state index contributed by atoms with van der Waals surface area (Å²) in [5, 5.41) is 3.79. The van der Waals surface area contributed by atoms with E-state index in [1.54, 1.807) is 0 Å². The molecule has 0 aromatic heterocycles. The number of unbranched alkanes of at least 4 members (excludes halogenated alkanes) is 2. The van der Waals surface area contributed by atoms with Gasteiger partial charge in [-0.05, 0) is 31.4 Å². The number of hydrogen-bond acceptors (Lipinski definition) is 1. The van der Waals surface area contributed by atoms with Crippen LogP contribution in [0.25, 0.3) is 0 Å². The van der Waals surface area contributed by atoms with Crippen LogP contribution < -0.4 is 5.32 Å². The van der Waals surface area contributed by atoms with Crippen molar-refractivity contribution in [3.8, 4) is 0 Å². The highest BCUT2D eigenvalue weighted by Crippen LogP contribution is 2.16. The standard InChI is InChI=1S/C16H24ClNO/c1-3-4-5-8-13(2)18-16(19)12-11-14-9-6-7-10-15(14)17/h6-7,9-10,13H,3-5,8,11-12H2,1-2H3,(H,18,19). The van der Waals surface area contributed by atoms with E-state index in [0.29, 0.717) is 12.8 Å². The van der Waals surface area contributed by atoms with Gasteiger partial charge in [0.05, 0.1) is 0 Å². The molecular formula is C16H24ClNO. The molecule has 0 bridgehead atoms. The Labute approximate surface area is 121 Å². The molecule has 1 amide bonds. The average Bonchev–Trinajstić information content (AvgIpc) is 2.38. The first kappa shape index (κ1) is 16.0. The second-order valence-corrected chi connectivity index (χ2v) is 5.46. The van der Waals surface area contributed by atoms with Crippen LogP contribution >= 0.6 is 11.6 Å². The quantitative estimate of drug-likeness (QED) is 0.705. The fraction of sp³-hybridized carbons (Fsp3) is 0.562. The number of aryl methyl sites for hydroxylation is 1. The predicted octanol–water partition coefficient (Wildman–Crippen LogP) is 4.36. The van der Waals surface area contributed by atoms with Gasteiger partial charge >= 0.3 is 0 Å². The van der Waals surface area contributed by atoms with Gasteiger partial charge in [0.1, 0.15) is 0 Å². The van der Waals surface area contributed by atoms with Crippen LogP contribution in [0, 0.1) is 0 Å². The lowest BCUT2D eigenvalue weighted by Crippen LogP contribution is -2.32. The van der Waals surface area contributed by atoms with E-state index in [4.69, 9.17) is 11.6 Å². The molecule has 1 rings (SSSR count). The van der Waals surface area contributed by atoms with E-state index in [2.05, 4.69) is 19.2 Å². The molecule has 1 aromatic carbocycles. The van der Waals surface area contributed by atoms with E-state index in [1.807, 2.05) is 24.3 Å². The molecule has 1 N–H and O–H groups in total. The monoisotopic (exact) mass is 281 g/mol. The molecule has 0 spiro atoms. The minimum atomic E-state index is 0.115. The highest BCUT2D eigenvalue weighted by Gasteiger charge is 2.08. The van der Waals surface area contributed by atoms with Crippen molar-refractivity contribution < 1.29 is 4.79 Å². The normalized spacial score (nSPS) is 12.2. The molecule has 1 unspecified atom stereocenters. The van der Waals surface area contributed by atoms with E-state index >= 15 is 0 Å². The lowest BCUT2D eigenvalue weighted by atomic mass is 10.1. The number of hydrogen-bond donors (Lipinski definition) is 1. The Morgan fingerprint density at radius 2 is 2.05 bits per heavy atom. The summed E-state index contributed by atoms with van der Waals surface area (Å²) in [4.78, 5) is 11.8. The van der Waals surface area contributed by atoms with E-state index in [1.165, 1.54) is 19.3 Å². The molecule has 2 nitrogen and oxygen atoms in total. The average molecular weight is 282 g/mol. The van der Waals surface area contributed by atoms with Crippen molar-refractivity contribution in [2.75, 3.05) is 0 Å². The van der Waals surface area contributed by atoms with Gasteiger partial charge in [0.25, 0.3) is 0 Å². The Morgan fingerprint density at radius 3 is 2.74 bits per heavy atom. The van der Waals surface area contributed by atoms with Crippen LogP contribution in [0.3, 0.4) is 0 Å². The summed E-state index contributed by atoms with van der Waals surface area (Å²) in [5.74, 6) is 0.115. The van der Waals surface area contributed by atoms with Crippen LogP contribution in [0.15, 0.2) is 24.3 Å². The molecule has 0 saturated heterocycles. The van der Waals surface area contributed by atoms with E-state index < -0.39 is 0 Å². The third-order valence-electron chi connectivity index (χ3n) is 3.23. The van der Waals surface area contributed by atoms with Crippen molar-refractivity contribution in [3.63, 3.8) is 0 Å². The van der Waals surface area contributed by atoms with Gasteiger partial charge in [-0.2, -0.15) is 0 Å². The Kier molecular flexibility index (Phi) is 7.57. The molecular weight excluding hydrogens is 258 g/mol. The summed E-state index contributed by atoms with van der Waals surface area (Å²) < 4.78 is 0. The van der Waals surface area contributed by atoms with Gasteiger partial charge in [0.15, 0.2) is 0 Å². The SMILES string of the molecule is CCCCCC(C)NC(=O)CCc1ccccc1Cl. The summed E-state index contributed by atoms with van der Waals surface area (Å²) in [6, 6.07) is 7.96. The second kappa shape index (κ2) is 8.98. The second-order valence-electron chi connectivity index (χ2n) is 5.06. The molecule has 0 radical (unpaired) electrons. The third-order valence-corrected chi connectivity index (χ3v) is 3.60. The molecule has 1 aromatic rings. The van der Waals surface area contributed by atoms with Gasteiger partial charge in [-0.1, -0.05) is 56.0 Å². The van der Waals surface area contributed by atoms with E-state index in [-0.39, 0.29) is 11.9 Å². The Balaban J connectivity index is 2.26. The van der Waals surface area contributed by atoms with Gasteiger partial charge in [-0.3, -0.25) is 4.79 Å². The predicted molar refractivity (Wildman–Crippen MR) is 81.5 cm³/mol.